The third-order valence-corrected chi connectivity index (χ3v) is 8.05. The van der Waals surface area contributed by atoms with E-state index < -0.39 is 9.84 Å². The van der Waals surface area contributed by atoms with Crippen LogP contribution in [-0.2, 0) is 23.0 Å². The van der Waals surface area contributed by atoms with Crippen molar-refractivity contribution in [2.24, 2.45) is 0 Å². The van der Waals surface area contributed by atoms with E-state index >= 15 is 0 Å². The van der Waals surface area contributed by atoms with Crippen molar-refractivity contribution in [2.45, 2.75) is 13.2 Å². The molecule has 2 aromatic heterocycles. The van der Waals surface area contributed by atoms with Gasteiger partial charge in [-0.15, -0.1) is 0 Å². The summed E-state index contributed by atoms with van der Waals surface area (Å²) in [7, 11) is -1.42. The molecule has 5 aromatic rings. The number of hydrogen-bond donors (Lipinski definition) is 2. The molecule has 212 valence electrons. The van der Waals surface area contributed by atoms with Gasteiger partial charge < -0.3 is 24.5 Å². The Morgan fingerprint density at radius 1 is 0.976 bits per heavy atom. The summed E-state index contributed by atoms with van der Waals surface area (Å²) in [5.74, 6) is 3.43. The van der Waals surface area contributed by atoms with Crippen LogP contribution in [0.15, 0.2) is 83.5 Å². The molecule has 0 amide bonds. The molecule has 11 heteroatoms. The number of furan rings is 1. The Kier molecular flexibility index (Phi) is 9.06. The van der Waals surface area contributed by atoms with Crippen molar-refractivity contribution in [3.8, 4) is 22.8 Å². The van der Waals surface area contributed by atoms with Crippen molar-refractivity contribution < 1.29 is 22.3 Å². The van der Waals surface area contributed by atoms with Crippen molar-refractivity contribution >= 4 is 54.8 Å². The lowest BCUT2D eigenvalue weighted by molar-refractivity contribution is 0.304. The number of benzene rings is 3. The second-order valence-electron chi connectivity index (χ2n) is 9.41. The van der Waals surface area contributed by atoms with E-state index in [1.165, 1.54) is 12.6 Å². The van der Waals surface area contributed by atoms with Crippen molar-refractivity contribution in [3.05, 3.63) is 94.0 Å². The zero-order chi connectivity index (χ0) is 28.8. The van der Waals surface area contributed by atoms with E-state index in [2.05, 4.69) is 43.2 Å². The van der Waals surface area contributed by atoms with Gasteiger partial charge in [-0.2, -0.15) is 0 Å². The first-order chi connectivity index (χ1) is 19.8. The second-order valence-corrected chi connectivity index (χ2v) is 12.8. The Morgan fingerprint density at radius 2 is 1.80 bits per heavy atom. The van der Waals surface area contributed by atoms with Crippen LogP contribution in [0.25, 0.3) is 22.2 Å². The fourth-order valence-electron chi connectivity index (χ4n) is 4.20. The van der Waals surface area contributed by atoms with E-state index in [1.54, 1.807) is 7.11 Å². The monoisotopic (exact) mass is 684 g/mol. The SMILES string of the molecule is COc1cc2ncnc(Nc3ccc(OCc4ccccc4)c(I)c3)c2cc1-c1ccc(CNCCS(C)(=O)=O)o1. The number of halogens is 1. The van der Waals surface area contributed by atoms with Gasteiger partial charge in [0.2, 0.25) is 0 Å². The molecular formula is C30H29IN4O5S. The first-order valence-corrected chi connectivity index (χ1v) is 16.0. The Balaban J connectivity index is 1.35. The highest BCUT2D eigenvalue weighted by molar-refractivity contribution is 14.1. The van der Waals surface area contributed by atoms with Gasteiger partial charge in [0.1, 0.15) is 51.6 Å². The summed E-state index contributed by atoms with van der Waals surface area (Å²) in [6.07, 6.45) is 2.73. The summed E-state index contributed by atoms with van der Waals surface area (Å²) in [4.78, 5) is 8.95. The molecule has 0 aliphatic rings. The number of sulfone groups is 1. The maximum atomic E-state index is 11.4. The number of methoxy groups -OCH3 is 1. The highest BCUT2D eigenvalue weighted by atomic mass is 127. The molecule has 0 aliphatic carbocycles. The van der Waals surface area contributed by atoms with Gasteiger partial charge in [-0.25, -0.2) is 18.4 Å². The van der Waals surface area contributed by atoms with Gasteiger partial charge >= 0.3 is 0 Å². The maximum absolute atomic E-state index is 11.4. The highest BCUT2D eigenvalue weighted by Gasteiger charge is 2.16. The third-order valence-electron chi connectivity index (χ3n) is 6.26. The zero-order valence-electron chi connectivity index (χ0n) is 22.6. The van der Waals surface area contributed by atoms with Crippen LogP contribution < -0.4 is 20.1 Å². The van der Waals surface area contributed by atoms with E-state index in [9.17, 15) is 8.42 Å². The third kappa shape index (κ3) is 7.54. The lowest BCUT2D eigenvalue weighted by Crippen LogP contribution is -2.21. The molecule has 0 spiro atoms. The highest BCUT2D eigenvalue weighted by Crippen LogP contribution is 2.37. The molecule has 0 bridgehead atoms. The number of nitrogens with zero attached hydrogens (tertiary/aromatic N) is 2. The summed E-state index contributed by atoms with van der Waals surface area (Å²) < 4.78 is 41.4. The molecular weight excluding hydrogens is 655 g/mol. The second kappa shape index (κ2) is 12.9. The number of rotatable bonds is 12. The minimum atomic E-state index is -3.02. The van der Waals surface area contributed by atoms with Gasteiger partial charge in [-0.05, 0) is 64.6 Å². The molecule has 9 nitrogen and oxygen atoms in total. The maximum Gasteiger partial charge on any atom is 0.148 e. The van der Waals surface area contributed by atoms with Gasteiger partial charge in [0.25, 0.3) is 0 Å². The van der Waals surface area contributed by atoms with Gasteiger partial charge in [0, 0.05) is 29.9 Å². The van der Waals surface area contributed by atoms with Crippen LogP contribution in [0.5, 0.6) is 11.5 Å². The molecule has 0 aliphatic heterocycles. The first kappa shape index (κ1) is 28.8. The van der Waals surface area contributed by atoms with Crippen LogP contribution in [0.2, 0.25) is 0 Å². The van der Waals surface area contributed by atoms with Crippen LogP contribution in [0.4, 0.5) is 11.5 Å². The Bertz CT molecular complexity index is 1760. The molecule has 0 saturated carbocycles. The summed E-state index contributed by atoms with van der Waals surface area (Å²) in [5.41, 5.74) is 3.43. The quantitative estimate of drug-likeness (QED) is 0.121. The van der Waals surface area contributed by atoms with Crippen LogP contribution in [0, 0.1) is 3.57 Å². The number of ether oxygens (including phenoxy) is 2. The number of fused-ring (bicyclic) bond motifs is 1. The average Bonchev–Trinajstić information content (AvgIpc) is 3.43. The predicted octanol–water partition coefficient (Wildman–Crippen LogP) is 5.96. The van der Waals surface area contributed by atoms with E-state index in [0.29, 0.717) is 42.8 Å². The molecule has 2 N–H and O–H groups in total. The van der Waals surface area contributed by atoms with Crippen molar-refractivity contribution in [2.75, 3.05) is 31.0 Å². The number of hydrogen-bond acceptors (Lipinski definition) is 9. The van der Waals surface area contributed by atoms with E-state index in [1.807, 2.05) is 72.8 Å². The molecule has 0 unspecified atom stereocenters. The minimum Gasteiger partial charge on any atom is -0.496 e. The minimum absolute atomic E-state index is 0.0668. The lowest BCUT2D eigenvalue weighted by Gasteiger charge is -2.13. The Morgan fingerprint density at radius 3 is 2.56 bits per heavy atom. The van der Waals surface area contributed by atoms with Crippen LogP contribution in [0.3, 0.4) is 0 Å². The van der Waals surface area contributed by atoms with E-state index in [-0.39, 0.29) is 5.75 Å². The van der Waals surface area contributed by atoms with Crippen LogP contribution in [0.1, 0.15) is 11.3 Å². The van der Waals surface area contributed by atoms with Crippen molar-refractivity contribution in [3.63, 3.8) is 0 Å². The normalized spacial score (nSPS) is 11.5. The molecule has 2 heterocycles. The average molecular weight is 685 g/mol. The van der Waals surface area contributed by atoms with Crippen molar-refractivity contribution in [1.82, 2.24) is 15.3 Å². The topological polar surface area (TPSA) is 116 Å². The van der Waals surface area contributed by atoms with Crippen molar-refractivity contribution in [1.29, 1.82) is 0 Å². The van der Waals surface area contributed by atoms with E-state index in [0.717, 1.165) is 37.0 Å². The molecule has 41 heavy (non-hydrogen) atoms. The summed E-state index contributed by atoms with van der Waals surface area (Å²) >= 11 is 2.27. The smallest absolute Gasteiger partial charge is 0.148 e. The standard InChI is InChI=1S/C30H29IN4O5S/c1-38-29-16-26-23(15-24(29)27-11-9-22(40-27)17-32-12-13-41(2,36)37)30(34-19-33-26)35-21-8-10-28(25(31)14-21)39-18-20-6-4-3-5-7-20/h3-11,14-16,19,32H,12-13,17-18H2,1-2H3,(H,33,34,35). The van der Waals surface area contributed by atoms with E-state index in [4.69, 9.17) is 13.9 Å². The zero-order valence-corrected chi connectivity index (χ0v) is 25.5. The summed E-state index contributed by atoms with van der Waals surface area (Å²) in [5, 5.41) is 7.31. The van der Waals surface area contributed by atoms with Gasteiger partial charge in [-0.3, -0.25) is 0 Å². The van der Waals surface area contributed by atoms with Gasteiger partial charge in [0.05, 0.1) is 34.1 Å². The van der Waals surface area contributed by atoms with Gasteiger partial charge in [0.15, 0.2) is 0 Å². The predicted molar refractivity (Wildman–Crippen MR) is 168 cm³/mol. The molecule has 0 radical (unpaired) electrons. The Hall–Kier alpha value is -3.68. The molecule has 0 saturated heterocycles. The number of aromatic nitrogens is 2. The molecule has 5 rings (SSSR count). The first-order valence-electron chi connectivity index (χ1n) is 12.8. The molecule has 0 atom stereocenters. The molecule has 3 aromatic carbocycles. The fraction of sp³-hybridized carbons (Fsp3) is 0.200. The number of anilines is 2. The van der Waals surface area contributed by atoms with Crippen LogP contribution in [-0.4, -0.2) is 44.0 Å². The fourth-order valence-corrected chi connectivity index (χ4v) is 5.39. The largest absolute Gasteiger partial charge is 0.496 e. The number of nitrogens with one attached hydrogen (secondary N) is 2. The lowest BCUT2D eigenvalue weighted by atomic mass is 10.1. The summed E-state index contributed by atoms with van der Waals surface area (Å²) in [6, 6.07) is 23.5. The van der Waals surface area contributed by atoms with Crippen LogP contribution >= 0.6 is 22.6 Å². The molecule has 0 fully saturated rings. The van der Waals surface area contributed by atoms with Gasteiger partial charge in [-0.1, -0.05) is 30.3 Å². The Labute approximate surface area is 252 Å². The summed E-state index contributed by atoms with van der Waals surface area (Å²) in [6.45, 7) is 1.25.